The van der Waals surface area contributed by atoms with E-state index >= 15 is 0 Å². The molecule has 1 N–H and O–H groups in total. The van der Waals surface area contributed by atoms with Crippen LogP contribution in [0.25, 0.3) is 0 Å². The third kappa shape index (κ3) is 0.792. The Kier molecular flexibility index (Phi) is 1.47. The van der Waals surface area contributed by atoms with Crippen molar-refractivity contribution in [2.75, 3.05) is 7.11 Å². The van der Waals surface area contributed by atoms with E-state index in [4.69, 9.17) is 4.74 Å². The van der Waals surface area contributed by atoms with Crippen molar-refractivity contribution in [3.63, 3.8) is 0 Å². The SMILES string of the molecule is COC(=O)[C@H]1[C@H]2C[C@@H]3[C@H]1C(=O)N[C@@H]3C2. The Morgan fingerprint density at radius 2 is 2.29 bits per heavy atom. The van der Waals surface area contributed by atoms with Gasteiger partial charge in [0.15, 0.2) is 0 Å². The number of amides is 1. The Balaban J connectivity index is 1.95. The van der Waals surface area contributed by atoms with E-state index in [2.05, 4.69) is 5.32 Å². The van der Waals surface area contributed by atoms with Crippen molar-refractivity contribution in [1.82, 2.24) is 5.32 Å². The van der Waals surface area contributed by atoms with Crippen LogP contribution in [-0.4, -0.2) is 25.0 Å². The predicted octanol–water partition coefficient (Wildman–Crippen LogP) is -0.0700. The van der Waals surface area contributed by atoms with Gasteiger partial charge in [0.25, 0.3) is 0 Å². The fourth-order valence-electron chi connectivity index (χ4n) is 3.64. The van der Waals surface area contributed by atoms with Gasteiger partial charge in [0.05, 0.1) is 18.9 Å². The molecule has 0 radical (unpaired) electrons. The van der Waals surface area contributed by atoms with E-state index in [1.807, 2.05) is 0 Å². The number of hydrogen-bond acceptors (Lipinski definition) is 3. The number of hydrogen-bond donors (Lipinski definition) is 1. The maximum Gasteiger partial charge on any atom is 0.309 e. The highest BCUT2D eigenvalue weighted by atomic mass is 16.5. The molecule has 14 heavy (non-hydrogen) atoms. The Bertz CT molecular complexity index is 312. The lowest BCUT2D eigenvalue weighted by Crippen LogP contribution is -2.32. The van der Waals surface area contributed by atoms with E-state index in [1.54, 1.807) is 0 Å². The highest BCUT2D eigenvalue weighted by Crippen LogP contribution is 2.55. The smallest absolute Gasteiger partial charge is 0.309 e. The molecule has 3 rings (SSSR count). The fourth-order valence-corrected chi connectivity index (χ4v) is 3.64. The highest BCUT2D eigenvalue weighted by Gasteiger charge is 2.62. The standard InChI is InChI=1S/C10H13NO3/c1-14-10(13)7-4-2-5-6(3-4)11-9(12)8(5)7/h4-8H,2-3H2,1H3,(H,11,12)/t4-,5-,6+,7-,8+/m0/s1. The number of carbonyl (C=O) groups is 2. The largest absolute Gasteiger partial charge is 0.469 e. The van der Waals surface area contributed by atoms with E-state index in [0.29, 0.717) is 17.9 Å². The first-order valence-electron chi connectivity index (χ1n) is 5.10. The van der Waals surface area contributed by atoms with Crippen molar-refractivity contribution >= 4 is 11.9 Å². The van der Waals surface area contributed by atoms with Gasteiger partial charge in [-0.15, -0.1) is 0 Å². The van der Waals surface area contributed by atoms with Crippen LogP contribution >= 0.6 is 0 Å². The van der Waals surface area contributed by atoms with Crippen molar-refractivity contribution in [2.24, 2.45) is 23.7 Å². The Hall–Kier alpha value is -1.06. The monoisotopic (exact) mass is 195 g/mol. The molecule has 0 aromatic carbocycles. The van der Waals surface area contributed by atoms with E-state index in [9.17, 15) is 9.59 Å². The van der Waals surface area contributed by atoms with Crippen LogP contribution in [0.3, 0.4) is 0 Å². The zero-order chi connectivity index (χ0) is 9.87. The Morgan fingerprint density at radius 1 is 1.50 bits per heavy atom. The Morgan fingerprint density at radius 3 is 3.00 bits per heavy atom. The van der Waals surface area contributed by atoms with Crippen molar-refractivity contribution in [1.29, 1.82) is 0 Å². The van der Waals surface area contributed by atoms with Crippen LogP contribution in [0.1, 0.15) is 12.8 Å². The van der Waals surface area contributed by atoms with Crippen molar-refractivity contribution < 1.29 is 14.3 Å². The molecule has 0 aromatic rings. The van der Waals surface area contributed by atoms with Gasteiger partial charge in [0.1, 0.15) is 0 Å². The van der Waals surface area contributed by atoms with Gasteiger partial charge in [0.2, 0.25) is 5.91 Å². The molecule has 5 atom stereocenters. The van der Waals surface area contributed by atoms with Gasteiger partial charge < -0.3 is 10.1 Å². The molecule has 76 valence electrons. The zero-order valence-electron chi connectivity index (χ0n) is 8.03. The summed E-state index contributed by atoms with van der Waals surface area (Å²) in [6, 6.07) is 0.346. The molecule has 3 fully saturated rings. The van der Waals surface area contributed by atoms with Crippen LogP contribution in [0.15, 0.2) is 0 Å². The molecule has 0 spiro atoms. The van der Waals surface area contributed by atoms with Crippen LogP contribution in [0.4, 0.5) is 0 Å². The lowest BCUT2D eigenvalue weighted by atomic mass is 9.80. The van der Waals surface area contributed by atoms with Crippen molar-refractivity contribution in [3.05, 3.63) is 0 Å². The Labute approximate surface area is 82.0 Å². The molecular weight excluding hydrogens is 182 g/mol. The average molecular weight is 195 g/mol. The normalized spacial score (nSPS) is 48.1. The molecule has 4 nitrogen and oxygen atoms in total. The summed E-state index contributed by atoms with van der Waals surface area (Å²) in [6.07, 6.45) is 1.99. The number of esters is 1. The summed E-state index contributed by atoms with van der Waals surface area (Å²) in [5.41, 5.74) is 0. The summed E-state index contributed by atoms with van der Waals surface area (Å²) in [6.45, 7) is 0. The molecule has 2 aliphatic carbocycles. The van der Waals surface area contributed by atoms with Gasteiger partial charge in [-0.2, -0.15) is 0 Å². The molecule has 1 saturated heterocycles. The minimum atomic E-state index is -0.196. The second-order valence-corrected chi connectivity index (χ2v) is 4.59. The van der Waals surface area contributed by atoms with Gasteiger partial charge in [-0.3, -0.25) is 9.59 Å². The number of fused-ring (bicyclic) bond motifs is 1. The van der Waals surface area contributed by atoms with E-state index in [-0.39, 0.29) is 23.7 Å². The molecule has 4 heteroatoms. The maximum absolute atomic E-state index is 11.6. The number of rotatable bonds is 1. The summed E-state index contributed by atoms with van der Waals surface area (Å²) in [4.78, 5) is 23.1. The van der Waals surface area contributed by atoms with Gasteiger partial charge >= 0.3 is 5.97 Å². The summed E-state index contributed by atoms with van der Waals surface area (Å²) in [5.74, 6) is 0.390. The minimum Gasteiger partial charge on any atom is -0.469 e. The summed E-state index contributed by atoms with van der Waals surface area (Å²) in [7, 11) is 1.40. The van der Waals surface area contributed by atoms with Gasteiger partial charge in [-0.1, -0.05) is 0 Å². The van der Waals surface area contributed by atoms with Crippen LogP contribution in [-0.2, 0) is 14.3 Å². The molecule has 2 bridgehead atoms. The van der Waals surface area contributed by atoms with E-state index in [0.717, 1.165) is 12.8 Å². The molecule has 3 aliphatic rings. The summed E-state index contributed by atoms with van der Waals surface area (Å²) < 4.78 is 4.77. The van der Waals surface area contributed by atoms with Crippen LogP contribution in [0.2, 0.25) is 0 Å². The first-order valence-corrected chi connectivity index (χ1v) is 5.10. The number of methoxy groups -OCH3 is 1. The van der Waals surface area contributed by atoms with Crippen LogP contribution in [0.5, 0.6) is 0 Å². The second kappa shape index (κ2) is 2.49. The average Bonchev–Trinajstić information content (AvgIpc) is 2.75. The van der Waals surface area contributed by atoms with Crippen LogP contribution < -0.4 is 5.32 Å². The highest BCUT2D eigenvalue weighted by molar-refractivity contribution is 5.89. The maximum atomic E-state index is 11.6. The number of ether oxygens (including phenoxy) is 1. The molecular formula is C10H13NO3. The second-order valence-electron chi connectivity index (χ2n) is 4.59. The summed E-state index contributed by atoms with van der Waals surface area (Å²) in [5, 5.41) is 2.97. The molecule has 0 aromatic heterocycles. The third-order valence-electron chi connectivity index (χ3n) is 4.11. The quantitative estimate of drug-likeness (QED) is 0.596. The van der Waals surface area contributed by atoms with E-state index in [1.165, 1.54) is 7.11 Å². The molecule has 0 unspecified atom stereocenters. The lowest BCUT2D eigenvalue weighted by Gasteiger charge is -2.23. The van der Waals surface area contributed by atoms with Crippen LogP contribution in [0, 0.1) is 23.7 Å². The molecule has 2 saturated carbocycles. The molecule has 1 amide bonds. The van der Waals surface area contributed by atoms with Crippen molar-refractivity contribution in [3.8, 4) is 0 Å². The predicted molar refractivity (Wildman–Crippen MR) is 47.1 cm³/mol. The van der Waals surface area contributed by atoms with Gasteiger partial charge in [-0.05, 0) is 24.7 Å². The number of nitrogens with one attached hydrogen (secondary N) is 1. The third-order valence-corrected chi connectivity index (χ3v) is 4.11. The number of carbonyl (C=O) groups excluding carboxylic acids is 2. The zero-order valence-corrected chi connectivity index (χ0v) is 8.03. The van der Waals surface area contributed by atoms with Gasteiger partial charge in [-0.25, -0.2) is 0 Å². The lowest BCUT2D eigenvalue weighted by molar-refractivity contribution is -0.150. The summed E-state index contributed by atoms with van der Waals surface area (Å²) >= 11 is 0. The van der Waals surface area contributed by atoms with Crippen molar-refractivity contribution in [2.45, 2.75) is 18.9 Å². The fraction of sp³-hybridized carbons (Fsp3) is 0.800. The topological polar surface area (TPSA) is 55.4 Å². The molecule has 1 heterocycles. The minimum absolute atomic E-state index is 0.0652. The van der Waals surface area contributed by atoms with Gasteiger partial charge in [0, 0.05) is 6.04 Å². The first-order chi connectivity index (χ1) is 6.72. The van der Waals surface area contributed by atoms with E-state index < -0.39 is 0 Å². The molecule has 1 aliphatic heterocycles. The first kappa shape index (κ1) is 8.26.